The number of benzene rings is 1. The van der Waals surface area contributed by atoms with Gasteiger partial charge in [0.2, 0.25) is 5.78 Å². The number of Topliss-reactive ketones (excluding diaryl/α,β-unsaturated/α-hetero) is 1. The molecule has 1 aliphatic heterocycles. The highest BCUT2D eigenvalue weighted by Gasteiger charge is 2.49. The van der Waals surface area contributed by atoms with Crippen LogP contribution < -0.4 is 0 Å². The van der Waals surface area contributed by atoms with E-state index in [1.807, 2.05) is 30.3 Å². The standard InChI is InChI=1S/C15H15IO2/c16-12-13(11-7-3-1-4-8-11)18-15(14(12)17)9-5-2-6-10-15/h1,3-4,7-8H,2,5-6,9-10H2. The van der Waals surface area contributed by atoms with Crippen LogP contribution in [0.15, 0.2) is 33.9 Å². The van der Waals surface area contributed by atoms with E-state index in [4.69, 9.17) is 4.74 Å². The molecule has 1 spiro atoms. The Labute approximate surface area is 121 Å². The van der Waals surface area contributed by atoms with Crippen molar-refractivity contribution in [3.8, 4) is 0 Å². The van der Waals surface area contributed by atoms with Crippen LogP contribution in [0, 0.1) is 0 Å². The summed E-state index contributed by atoms with van der Waals surface area (Å²) in [6.45, 7) is 0. The second kappa shape index (κ2) is 4.68. The molecule has 1 aromatic carbocycles. The number of rotatable bonds is 1. The summed E-state index contributed by atoms with van der Waals surface area (Å²) in [6, 6.07) is 9.94. The summed E-state index contributed by atoms with van der Waals surface area (Å²) in [5.74, 6) is 0.977. The van der Waals surface area contributed by atoms with Gasteiger partial charge in [0, 0.05) is 5.56 Å². The Morgan fingerprint density at radius 1 is 1.06 bits per heavy atom. The lowest BCUT2D eigenvalue weighted by molar-refractivity contribution is -0.131. The Morgan fingerprint density at radius 3 is 2.39 bits per heavy atom. The Bertz CT molecular complexity index is 498. The van der Waals surface area contributed by atoms with E-state index in [1.165, 1.54) is 6.42 Å². The topological polar surface area (TPSA) is 26.3 Å². The Hall–Kier alpha value is -0.840. The van der Waals surface area contributed by atoms with Crippen molar-refractivity contribution >= 4 is 34.1 Å². The van der Waals surface area contributed by atoms with Crippen LogP contribution in [-0.4, -0.2) is 11.4 Å². The quantitative estimate of drug-likeness (QED) is 0.710. The minimum absolute atomic E-state index is 0.196. The number of ketones is 1. The number of halogens is 1. The van der Waals surface area contributed by atoms with Gasteiger partial charge in [-0.15, -0.1) is 0 Å². The number of hydrogen-bond donors (Lipinski definition) is 0. The summed E-state index contributed by atoms with van der Waals surface area (Å²) in [7, 11) is 0. The summed E-state index contributed by atoms with van der Waals surface area (Å²) in [5, 5.41) is 0. The second-order valence-corrected chi connectivity index (χ2v) is 6.07. The highest BCUT2D eigenvalue weighted by molar-refractivity contribution is 14.1. The predicted molar refractivity (Wildman–Crippen MR) is 79.3 cm³/mol. The van der Waals surface area contributed by atoms with Crippen molar-refractivity contribution in [2.24, 2.45) is 0 Å². The molecule has 3 rings (SSSR count). The van der Waals surface area contributed by atoms with Crippen molar-refractivity contribution in [3.63, 3.8) is 0 Å². The number of ether oxygens (including phenoxy) is 1. The highest BCUT2D eigenvalue weighted by Crippen LogP contribution is 2.46. The van der Waals surface area contributed by atoms with Crippen molar-refractivity contribution in [3.05, 3.63) is 39.5 Å². The van der Waals surface area contributed by atoms with Crippen LogP contribution in [0.4, 0.5) is 0 Å². The van der Waals surface area contributed by atoms with Gasteiger partial charge in [-0.3, -0.25) is 4.79 Å². The predicted octanol–water partition coefficient (Wildman–Crippen LogP) is 4.09. The summed E-state index contributed by atoms with van der Waals surface area (Å²) >= 11 is 2.14. The van der Waals surface area contributed by atoms with Gasteiger partial charge in [-0.1, -0.05) is 36.8 Å². The Morgan fingerprint density at radius 2 is 1.72 bits per heavy atom. The lowest BCUT2D eigenvalue weighted by Gasteiger charge is -2.31. The molecule has 0 bridgehead atoms. The summed E-state index contributed by atoms with van der Waals surface area (Å²) in [6.07, 6.45) is 5.15. The normalized spacial score (nSPS) is 22.4. The van der Waals surface area contributed by atoms with Crippen molar-refractivity contribution in [2.75, 3.05) is 0 Å². The Kier molecular flexibility index (Phi) is 3.18. The van der Waals surface area contributed by atoms with Crippen LogP contribution in [0.3, 0.4) is 0 Å². The van der Waals surface area contributed by atoms with Crippen molar-refractivity contribution < 1.29 is 9.53 Å². The third kappa shape index (κ3) is 1.88. The maximum Gasteiger partial charge on any atom is 0.216 e. The molecular weight excluding hydrogens is 339 g/mol. The van der Waals surface area contributed by atoms with Crippen LogP contribution in [0.5, 0.6) is 0 Å². The van der Waals surface area contributed by atoms with Gasteiger partial charge >= 0.3 is 0 Å². The fraction of sp³-hybridized carbons (Fsp3) is 0.400. The average molecular weight is 354 g/mol. The van der Waals surface area contributed by atoms with E-state index in [9.17, 15) is 4.79 Å². The van der Waals surface area contributed by atoms with E-state index >= 15 is 0 Å². The van der Waals surface area contributed by atoms with Crippen LogP contribution in [0.2, 0.25) is 0 Å². The third-order valence-electron chi connectivity index (χ3n) is 3.81. The zero-order valence-electron chi connectivity index (χ0n) is 10.1. The van der Waals surface area contributed by atoms with Crippen molar-refractivity contribution in [1.29, 1.82) is 0 Å². The summed E-state index contributed by atoms with van der Waals surface area (Å²) in [5.41, 5.74) is 0.470. The van der Waals surface area contributed by atoms with Gasteiger partial charge in [-0.05, 0) is 48.3 Å². The monoisotopic (exact) mass is 354 g/mol. The molecule has 18 heavy (non-hydrogen) atoms. The lowest BCUT2D eigenvalue weighted by Crippen LogP contribution is -2.39. The maximum atomic E-state index is 12.5. The van der Waals surface area contributed by atoms with E-state index in [1.54, 1.807) is 0 Å². The maximum absolute atomic E-state index is 12.5. The first-order valence-corrected chi connectivity index (χ1v) is 7.50. The third-order valence-corrected chi connectivity index (χ3v) is 4.79. The van der Waals surface area contributed by atoms with E-state index in [0.29, 0.717) is 0 Å². The fourth-order valence-corrected chi connectivity index (χ4v) is 3.73. The van der Waals surface area contributed by atoms with Gasteiger partial charge in [0.05, 0.1) is 0 Å². The second-order valence-electron chi connectivity index (χ2n) is 5.00. The summed E-state index contributed by atoms with van der Waals surface area (Å²) < 4.78 is 6.89. The molecule has 2 nitrogen and oxygen atoms in total. The molecule has 0 atom stereocenters. The molecule has 0 aromatic heterocycles. The number of carbonyl (C=O) groups excluding carboxylic acids is 1. The van der Waals surface area contributed by atoms with Gasteiger partial charge in [0.1, 0.15) is 9.34 Å². The zero-order chi connectivity index (χ0) is 12.6. The summed E-state index contributed by atoms with van der Waals surface area (Å²) in [4.78, 5) is 12.5. The van der Waals surface area contributed by atoms with Crippen LogP contribution >= 0.6 is 22.6 Å². The van der Waals surface area contributed by atoms with Gasteiger partial charge < -0.3 is 4.74 Å². The van der Waals surface area contributed by atoms with Gasteiger partial charge in [-0.2, -0.15) is 0 Å². The first kappa shape index (κ1) is 12.2. The zero-order valence-corrected chi connectivity index (χ0v) is 12.3. The lowest BCUT2D eigenvalue weighted by atomic mass is 9.82. The van der Waals surface area contributed by atoms with Crippen molar-refractivity contribution in [2.45, 2.75) is 37.7 Å². The van der Waals surface area contributed by atoms with Gasteiger partial charge in [-0.25, -0.2) is 0 Å². The molecule has 0 unspecified atom stereocenters. The SMILES string of the molecule is O=C1C(I)=C(c2ccccc2)OC12CCCCC2. The van der Waals surface area contributed by atoms with Gasteiger partial charge in [0.15, 0.2) is 5.60 Å². The molecule has 0 radical (unpaired) electrons. The minimum Gasteiger partial charge on any atom is -0.477 e. The molecule has 2 aliphatic rings. The minimum atomic E-state index is -0.542. The molecule has 0 amide bonds. The van der Waals surface area contributed by atoms with E-state index < -0.39 is 5.60 Å². The number of hydrogen-bond acceptors (Lipinski definition) is 2. The smallest absolute Gasteiger partial charge is 0.216 e. The van der Waals surface area contributed by atoms with E-state index in [2.05, 4.69) is 22.6 Å². The molecule has 1 heterocycles. The molecular formula is C15H15IO2. The Balaban J connectivity index is 1.96. The highest BCUT2D eigenvalue weighted by atomic mass is 127. The fourth-order valence-electron chi connectivity index (χ4n) is 2.82. The van der Waals surface area contributed by atoms with Crippen LogP contribution in [0.25, 0.3) is 5.76 Å². The van der Waals surface area contributed by atoms with Crippen molar-refractivity contribution in [1.82, 2.24) is 0 Å². The molecule has 0 saturated heterocycles. The molecule has 1 aliphatic carbocycles. The first-order chi connectivity index (χ1) is 8.73. The molecule has 1 fully saturated rings. The number of carbonyl (C=O) groups is 1. The van der Waals surface area contributed by atoms with Crippen LogP contribution in [0.1, 0.15) is 37.7 Å². The van der Waals surface area contributed by atoms with E-state index in [-0.39, 0.29) is 5.78 Å². The van der Waals surface area contributed by atoms with E-state index in [0.717, 1.165) is 40.6 Å². The average Bonchev–Trinajstić information content (AvgIpc) is 2.67. The molecule has 0 N–H and O–H groups in total. The first-order valence-electron chi connectivity index (χ1n) is 6.42. The molecule has 1 saturated carbocycles. The van der Waals surface area contributed by atoms with Crippen LogP contribution in [-0.2, 0) is 9.53 Å². The molecule has 3 heteroatoms. The molecule has 1 aromatic rings. The largest absolute Gasteiger partial charge is 0.477 e. The van der Waals surface area contributed by atoms with Gasteiger partial charge in [0.25, 0.3) is 0 Å². The molecule has 94 valence electrons.